The molecule has 0 saturated carbocycles. The zero-order valence-corrected chi connectivity index (χ0v) is 20.6. The zero-order chi connectivity index (χ0) is 22.9. The molecule has 168 valence electrons. The van der Waals surface area contributed by atoms with Crippen LogP contribution in [0, 0.1) is 0 Å². The van der Waals surface area contributed by atoms with E-state index in [4.69, 9.17) is 34.8 Å². The van der Waals surface area contributed by atoms with Crippen LogP contribution in [0.3, 0.4) is 0 Å². The predicted molar refractivity (Wildman–Crippen MR) is 133 cm³/mol. The summed E-state index contributed by atoms with van der Waals surface area (Å²) in [7, 11) is -3.74. The Hall–Kier alpha value is -1.76. The van der Waals surface area contributed by atoms with Crippen molar-refractivity contribution in [1.82, 2.24) is 4.31 Å². The van der Waals surface area contributed by atoms with E-state index < -0.39 is 10.0 Å². The van der Waals surface area contributed by atoms with Gasteiger partial charge in [0.05, 0.1) is 11.1 Å². The summed E-state index contributed by atoms with van der Waals surface area (Å²) < 4.78 is 28.4. The second-order valence-corrected chi connectivity index (χ2v) is 10.9. The van der Waals surface area contributed by atoms with Crippen LogP contribution in [0.1, 0.15) is 24.1 Å². The van der Waals surface area contributed by atoms with E-state index in [1.54, 1.807) is 24.3 Å². The zero-order valence-electron chi connectivity index (χ0n) is 17.5. The summed E-state index contributed by atoms with van der Waals surface area (Å²) in [5, 5.41) is 1.55. The Kier molecular flexibility index (Phi) is 7.03. The SMILES string of the molecule is CCc1cc(Cl)ccc1N1CCN(S(=O)(=O)c2ccccc2Cl)CC1c1ccc(Cl)cc1. The van der Waals surface area contributed by atoms with Crippen molar-refractivity contribution in [2.24, 2.45) is 0 Å². The Morgan fingerprint density at radius 2 is 1.59 bits per heavy atom. The van der Waals surface area contributed by atoms with Crippen LogP contribution < -0.4 is 4.90 Å². The molecule has 0 amide bonds. The van der Waals surface area contributed by atoms with E-state index in [-0.39, 0.29) is 16.0 Å². The van der Waals surface area contributed by atoms with Crippen molar-refractivity contribution in [3.63, 3.8) is 0 Å². The third-order valence-corrected chi connectivity index (χ3v) is 8.64. The standard InChI is InChI=1S/C24H23Cl3N2O2S/c1-2-17-15-20(26)11-12-22(17)29-14-13-28(16-23(29)18-7-9-19(25)10-8-18)32(30,31)24-6-4-3-5-21(24)27/h3-12,15,23H,2,13-14,16H2,1H3. The van der Waals surface area contributed by atoms with E-state index in [9.17, 15) is 8.42 Å². The van der Waals surface area contributed by atoms with Gasteiger partial charge in [-0.2, -0.15) is 4.31 Å². The summed E-state index contributed by atoms with van der Waals surface area (Å²) in [5.74, 6) is 0. The van der Waals surface area contributed by atoms with Crippen LogP contribution in [0.25, 0.3) is 0 Å². The van der Waals surface area contributed by atoms with Crippen LogP contribution in [-0.4, -0.2) is 32.4 Å². The van der Waals surface area contributed by atoms with E-state index in [1.165, 1.54) is 4.31 Å². The second-order valence-electron chi connectivity index (χ2n) is 7.68. The minimum Gasteiger partial charge on any atom is -0.362 e. The number of halogens is 3. The first kappa shape index (κ1) is 23.4. The first-order chi connectivity index (χ1) is 15.3. The van der Waals surface area contributed by atoms with Crippen molar-refractivity contribution in [2.75, 3.05) is 24.5 Å². The Labute approximate surface area is 204 Å². The molecule has 0 radical (unpaired) electrons. The molecule has 8 heteroatoms. The van der Waals surface area contributed by atoms with E-state index >= 15 is 0 Å². The molecule has 32 heavy (non-hydrogen) atoms. The fourth-order valence-corrected chi connectivity index (χ4v) is 6.40. The van der Waals surface area contributed by atoms with E-state index in [0.29, 0.717) is 29.7 Å². The lowest BCUT2D eigenvalue weighted by Gasteiger charge is -2.43. The highest BCUT2D eigenvalue weighted by Gasteiger charge is 2.36. The van der Waals surface area contributed by atoms with Gasteiger partial charge in [0.15, 0.2) is 0 Å². The van der Waals surface area contributed by atoms with Gasteiger partial charge in [0.2, 0.25) is 10.0 Å². The molecule has 1 fully saturated rings. The predicted octanol–water partition coefficient (Wildman–Crippen LogP) is 6.46. The van der Waals surface area contributed by atoms with Crippen LogP contribution >= 0.6 is 34.8 Å². The van der Waals surface area contributed by atoms with Crippen molar-refractivity contribution in [3.8, 4) is 0 Å². The van der Waals surface area contributed by atoms with Crippen LogP contribution in [-0.2, 0) is 16.4 Å². The third kappa shape index (κ3) is 4.63. The Balaban J connectivity index is 1.75. The number of anilines is 1. The number of hydrogen-bond acceptors (Lipinski definition) is 3. The first-order valence-electron chi connectivity index (χ1n) is 10.4. The number of aryl methyl sites for hydroxylation is 1. The molecule has 4 rings (SSSR count). The number of hydrogen-bond donors (Lipinski definition) is 0. The Morgan fingerprint density at radius 1 is 0.906 bits per heavy atom. The Morgan fingerprint density at radius 3 is 2.28 bits per heavy atom. The third-order valence-electron chi connectivity index (χ3n) is 5.78. The van der Waals surface area contributed by atoms with Crippen LogP contribution in [0.15, 0.2) is 71.6 Å². The van der Waals surface area contributed by atoms with Gasteiger partial charge >= 0.3 is 0 Å². The molecular weight excluding hydrogens is 487 g/mol. The monoisotopic (exact) mass is 508 g/mol. The van der Waals surface area contributed by atoms with Gasteiger partial charge in [-0.05, 0) is 60.0 Å². The average molecular weight is 510 g/mol. The molecule has 0 aromatic heterocycles. The van der Waals surface area contributed by atoms with E-state index in [1.807, 2.05) is 42.5 Å². The lowest BCUT2D eigenvalue weighted by molar-refractivity contribution is 0.335. The highest BCUT2D eigenvalue weighted by molar-refractivity contribution is 7.89. The summed E-state index contributed by atoms with van der Waals surface area (Å²) in [6.45, 7) is 3.26. The molecule has 1 aliphatic rings. The molecule has 3 aromatic rings. The largest absolute Gasteiger partial charge is 0.362 e. The fraction of sp³-hybridized carbons (Fsp3) is 0.250. The lowest BCUT2D eigenvalue weighted by Crippen LogP contribution is -2.50. The summed E-state index contributed by atoms with van der Waals surface area (Å²) in [4.78, 5) is 2.39. The molecule has 1 saturated heterocycles. The van der Waals surface area contributed by atoms with Crippen LogP contribution in [0.5, 0.6) is 0 Å². The van der Waals surface area contributed by atoms with Crippen molar-refractivity contribution >= 4 is 50.5 Å². The van der Waals surface area contributed by atoms with Crippen molar-refractivity contribution < 1.29 is 8.42 Å². The highest BCUT2D eigenvalue weighted by Crippen LogP contribution is 2.37. The lowest BCUT2D eigenvalue weighted by atomic mass is 10.0. The number of piperazine rings is 1. The van der Waals surface area contributed by atoms with Gasteiger partial charge in [0, 0.05) is 35.4 Å². The summed E-state index contributed by atoms with van der Waals surface area (Å²) >= 11 is 18.6. The maximum Gasteiger partial charge on any atom is 0.244 e. The van der Waals surface area contributed by atoms with Gasteiger partial charge in [-0.1, -0.05) is 66.0 Å². The van der Waals surface area contributed by atoms with Gasteiger partial charge < -0.3 is 4.90 Å². The fourth-order valence-electron chi connectivity index (χ4n) is 4.15. The molecular formula is C24H23Cl3N2O2S. The van der Waals surface area contributed by atoms with Crippen molar-refractivity contribution in [2.45, 2.75) is 24.3 Å². The minimum atomic E-state index is -3.74. The molecule has 1 aliphatic heterocycles. The van der Waals surface area contributed by atoms with Crippen LogP contribution in [0.2, 0.25) is 15.1 Å². The molecule has 1 unspecified atom stereocenters. The molecule has 3 aromatic carbocycles. The Bertz CT molecular complexity index is 1220. The van der Waals surface area contributed by atoms with Crippen molar-refractivity contribution in [3.05, 3.63) is 92.9 Å². The molecule has 0 aliphatic carbocycles. The van der Waals surface area contributed by atoms with E-state index in [0.717, 1.165) is 23.2 Å². The molecule has 1 heterocycles. The second kappa shape index (κ2) is 9.62. The molecule has 0 N–H and O–H groups in total. The highest BCUT2D eigenvalue weighted by atomic mass is 35.5. The quantitative estimate of drug-likeness (QED) is 0.396. The normalized spacial score (nSPS) is 17.5. The van der Waals surface area contributed by atoms with Gasteiger partial charge in [-0.15, -0.1) is 0 Å². The van der Waals surface area contributed by atoms with E-state index in [2.05, 4.69) is 11.8 Å². The number of sulfonamides is 1. The summed E-state index contributed by atoms with van der Waals surface area (Å²) in [6.07, 6.45) is 0.821. The smallest absolute Gasteiger partial charge is 0.244 e. The summed E-state index contributed by atoms with van der Waals surface area (Å²) in [6, 6.07) is 19.8. The maximum absolute atomic E-state index is 13.4. The van der Waals surface area contributed by atoms with Crippen LogP contribution in [0.4, 0.5) is 5.69 Å². The van der Waals surface area contributed by atoms with Gasteiger partial charge in [0.25, 0.3) is 0 Å². The summed E-state index contributed by atoms with van der Waals surface area (Å²) in [5.41, 5.74) is 3.18. The van der Waals surface area contributed by atoms with Gasteiger partial charge in [0.1, 0.15) is 4.90 Å². The first-order valence-corrected chi connectivity index (χ1v) is 12.9. The van der Waals surface area contributed by atoms with Crippen molar-refractivity contribution in [1.29, 1.82) is 0 Å². The number of rotatable bonds is 5. The molecule has 0 bridgehead atoms. The van der Waals surface area contributed by atoms with Gasteiger partial charge in [-0.3, -0.25) is 0 Å². The molecule has 4 nitrogen and oxygen atoms in total. The maximum atomic E-state index is 13.4. The topological polar surface area (TPSA) is 40.6 Å². The molecule has 0 spiro atoms. The minimum absolute atomic E-state index is 0.130. The molecule has 1 atom stereocenters. The average Bonchev–Trinajstić information content (AvgIpc) is 2.79. The van der Waals surface area contributed by atoms with Gasteiger partial charge in [-0.25, -0.2) is 8.42 Å². The number of nitrogens with zero attached hydrogens (tertiary/aromatic N) is 2. The number of benzene rings is 3.